The van der Waals surface area contributed by atoms with Gasteiger partial charge in [0.15, 0.2) is 0 Å². The Balaban J connectivity index is 1.68. The molecule has 0 spiro atoms. The Bertz CT molecular complexity index is 713. The molecule has 1 aliphatic heterocycles. The van der Waals surface area contributed by atoms with Crippen LogP contribution in [0.3, 0.4) is 0 Å². The summed E-state index contributed by atoms with van der Waals surface area (Å²) in [6.45, 7) is -0.582. The second-order valence-electron chi connectivity index (χ2n) is 5.72. The molecule has 24 heavy (non-hydrogen) atoms. The van der Waals surface area contributed by atoms with Crippen LogP contribution in [0.15, 0.2) is 30.5 Å². The molecule has 2 heterocycles. The summed E-state index contributed by atoms with van der Waals surface area (Å²) in [4.78, 5) is 15.2. The molecule has 3 rings (SSSR count). The number of benzene rings is 1. The fourth-order valence-electron chi connectivity index (χ4n) is 2.77. The number of para-hydroxylation sites is 1. The first-order chi connectivity index (χ1) is 11.5. The molecule has 0 unspecified atom stereocenters. The smallest absolute Gasteiger partial charge is 0.312 e. The number of fused-ring (bicyclic) bond motifs is 1. The van der Waals surface area contributed by atoms with Crippen molar-refractivity contribution in [2.45, 2.75) is 37.1 Å². The molecule has 0 amide bonds. The summed E-state index contributed by atoms with van der Waals surface area (Å²) >= 11 is 0. The Hall–Kier alpha value is -1.97. The first-order valence-corrected chi connectivity index (χ1v) is 7.56. The van der Waals surface area contributed by atoms with E-state index in [9.17, 15) is 20.1 Å². The topological polar surface area (TPSA) is 132 Å². The lowest BCUT2D eigenvalue weighted by Gasteiger charge is -2.39. The normalized spacial score (nSPS) is 30.4. The maximum absolute atomic E-state index is 12.1. The highest BCUT2D eigenvalue weighted by molar-refractivity contribution is 5.87. The third-order valence-electron chi connectivity index (χ3n) is 4.11. The van der Waals surface area contributed by atoms with Gasteiger partial charge < -0.3 is 34.9 Å². The van der Waals surface area contributed by atoms with E-state index in [1.54, 1.807) is 6.20 Å². The van der Waals surface area contributed by atoms with Crippen LogP contribution in [-0.2, 0) is 20.7 Å². The highest BCUT2D eigenvalue weighted by Gasteiger charge is 2.45. The number of aromatic amines is 1. The molecular weight excluding hydrogens is 318 g/mol. The van der Waals surface area contributed by atoms with Gasteiger partial charge in [0.1, 0.15) is 24.4 Å². The quantitative estimate of drug-likeness (QED) is 0.455. The molecule has 1 aromatic carbocycles. The molecule has 2 aromatic rings. The average molecular weight is 337 g/mol. The van der Waals surface area contributed by atoms with Crippen molar-refractivity contribution in [1.29, 1.82) is 0 Å². The number of hydrogen-bond acceptors (Lipinski definition) is 7. The summed E-state index contributed by atoms with van der Waals surface area (Å²) in [5, 5.41) is 39.3. The Morgan fingerprint density at radius 2 is 1.92 bits per heavy atom. The Morgan fingerprint density at radius 1 is 1.17 bits per heavy atom. The van der Waals surface area contributed by atoms with Crippen molar-refractivity contribution >= 4 is 16.9 Å². The molecule has 0 aliphatic carbocycles. The summed E-state index contributed by atoms with van der Waals surface area (Å²) in [6.07, 6.45) is -5.62. The van der Waals surface area contributed by atoms with Gasteiger partial charge in [0.25, 0.3) is 0 Å². The second kappa shape index (κ2) is 6.88. The molecule has 8 heteroatoms. The van der Waals surface area contributed by atoms with Gasteiger partial charge in [0, 0.05) is 17.1 Å². The van der Waals surface area contributed by atoms with E-state index in [2.05, 4.69) is 4.98 Å². The van der Waals surface area contributed by atoms with Crippen molar-refractivity contribution in [3.8, 4) is 0 Å². The zero-order valence-corrected chi connectivity index (χ0v) is 12.7. The van der Waals surface area contributed by atoms with Gasteiger partial charge in [-0.15, -0.1) is 0 Å². The summed E-state index contributed by atoms with van der Waals surface area (Å²) < 4.78 is 10.2. The van der Waals surface area contributed by atoms with Crippen LogP contribution in [0, 0.1) is 0 Å². The molecular formula is C16H19NO7. The molecule has 1 aliphatic rings. The van der Waals surface area contributed by atoms with Crippen molar-refractivity contribution in [3.05, 3.63) is 36.0 Å². The first-order valence-electron chi connectivity index (χ1n) is 7.56. The number of rotatable bonds is 4. The number of H-pyrrole nitrogens is 1. The van der Waals surface area contributed by atoms with Crippen LogP contribution in [-0.4, -0.2) is 68.7 Å². The molecule has 0 saturated carbocycles. The van der Waals surface area contributed by atoms with E-state index in [0.29, 0.717) is 0 Å². The van der Waals surface area contributed by atoms with E-state index in [-0.39, 0.29) is 6.42 Å². The predicted octanol–water partition coefficient (Wildman–Crippen LogP) is -0.947. The number of esters is 1. The van der Waals surface area contributed by atoms with Crippen molar-refractivity contribution in [2.24, 2.45) is 0 Å². The molecule has 8 nitrogen and oxygen atoms in total. The number of aromatic nitrogens is 1. The molecule has 1 saturated heterocycles. The van der Waals surface area contributed by atoms with E-state index in [1.807, 2.05) is 24.3 Å². The van der Waals surface area contributed by atoms with Crippen LogP contribution in [0.1, 0.15) is 5.56 Å². The fourth-order valence-corrected chi connectivity index (χ4v) is 2.77. The molecule has 5 N–H and O–H groups in total. The Labute approximate surface area is 137 Å². The SMILES string of the molecule is O=C(Cc1c[nH]c2ccccc12)O[C@H]1O[C@H](CO)[C@H](O)[C@@H](O)[C@H]1O. The maximum Gasteiger partial charge on any atom is 0.312 e. The zero-order chi connectivity index (χ0) is 17.3. The van der Waals surface area contributed by atoms with Gasteiger partial charge >= 0.3 is 5.97 Å². The van der Waals surface area contributed by atoms with Gasteiger partial charge in [-0.2, -0.15) is 0 Å². The Kier molecular flexibility index (Phi) is 4.83. The van der Waals surface area contributed by atoms with Crippen molar-refractivity contribution < 1.29 is 34.7 Å². The molecule has 130 valence electrons. The molecule has 0 bridgehead atoms. The molecule has 5 atom stereocenters. The summed E-state index contributed by atoms with van der Waals surface area (Å²) in [6, 6.07) is 7.46. The zero-order valence-electron chi connectivity index (χ0n) is 12.7. The van der Waals surface area contributed by atoms with Crippen LogP contribution in [0.4, 0.5) is 0 Å². The summed E-state index contributed by atoms with van der Waals surface area (Å²) in [5.41, 5.74) is 1.60. The van der Waals surface area contributed by atoms with E-state index in [4.69, 9.17) is 14.6 Å². The van der Waals surface area contributed by atoms with Gasteiger partial charge in [0.05, 0.1) is 13.0 Å². The maximum atomic E-state index is 12.1. The summed E-state index contributed by atoms with van der Waals surface area (Å²) in [5.74, 6) is -0.663. The van der Waals surface area contributed by atoms with E-state index < -0.39 is 43.3 Å². The second-order valence-corrected chi connectivity index (χ2v) is 5.72. The van der Waals surface area contributed by atoms with Crippen LogP contribution < -0.4 is 0 Å². The number of hydrogen-bond donors (Lipinski definition) is 5. The highest BCUT2D eigenvalue weighted by atomic mass is 16.7. The van der Waals surface area contributed by atoms with E-state index >= 15 is 0 Å². The van der Waals surface area contributed by atoms with Gasteiger partial charge in [-0.25, -0.2) is 0 Å². The van der Waals surface area contributed by atoms with Crippen molar-refractivity contribution in [3.63, 3.8) is 0 Å². The van der Waals surface area contributed by atoms with Crippen LogP contribution in [0.2, 0.25) is 0 Å². The highest BCUT2D eigenvalue weighted by Crippen LogP contribution is 2.23. The lowest BCUT2D eigenvalue weighted by Crippen LogP contribution is -2.59. The fraction of sp³-hybridized carbons (Fsp3) is 0.438. The van der Waals surface area contributed by atoms with E-state index in [1.165, 1.54) is 0 Å². The number of carbonyl (C=O) groups is 1. The number of aliphatic hydroxyl groups is 4. The monoisotopic (exact) mass is 337 g/mol. The number of aliphatic hydroxyl groups excluding tert-OH is 4. The Morgan fingerprint density at radius 3 is 2.67 bits per heavy atom. The minimum atomic E-state index is -1.60. The number of ether oxygens (including phenoxy) is 2. The largest absolute Gasteiger partial charge is 0.432 e. The minimum absolute atomic E-state index is 0.0565. The van der Waals surface area contributed by atoms with Crippen molar-refractivity contribution in [1.82, 2.24) is 4.98 Å². The van der Waals surface area contributed by atoms with Gasteiger partial charge in [-0.05, 0) is 11.6 Å². The third-order valence-corrected chi connectivity index (χ3v) is 4.11. The van der Waals surface area contributed by atoms with Gasteiger partial charge in [-0.3, -0.25) is 4.79 Å². The van der Waals surface area contributed by atoms with Gasteiger partial charge in [0.2, 0.25) is 6.29 Å². The van der Waals surface area contributed by atoms with Crippen LogP contribution >= 0.6 is 0 Å². The number of carbonyl (C=O) groups excluding carboxylic acids is 1. The lowest BCUT2D eigenvalue weighted by atomic mass is 9.99. The minimum Gasteiger partial charge on any atom is -0.432 e. The molecule has 1 aromatic heterocycles. The molecule has 1 fully saturated rings. The standard InChI is InChI=1S/C16H19NO7/c18-7-11-13(20)14(21)15(22)16(23-11)24-12(19)5-8-6-17-10-4-2-1-3-9(8)10/h1-4,6,11,13-18,20-22H,5,7H2/t11-,13+,14-,15-,16-/m1/s1. The van der Waals surface area contributed by atoms with Crippen LogP contribution in [0.25, 0.3) is 10.9 Å². The average Bonchev–Trinajstić information content (AvgIpc) is 2.98. The van der Waals surface area contributed by atoms with Crippen molar-refractivity contribution in [2.75, 3.05) is 6.61 Å². The van der Waals surface area contributed by atoms with Crippen LogP contribution in [0.5, 0.6) is 0 Å². The first kappa shape index (κ1) is 16.9. The van der Waals surface area contributed by atoms with E-state index in [0.717, 1.165) is 16.5 Å². The number of nitrogens with one attached hydrogen (secondary N) is 1. The third kappa shape index (κ3) is 3.14. The lowest BCUT2D eigenvalue weighted by molar-refractivity contribution is -0.292. The predicted molar refractivity (Wildman–Crippen MR) is 81.9 cm³/mol. The van der Waals surface area contributed by atoms with Gasteiger partial charge in [-0.1, -0.05) is 18.2 Å². The summed E-state index contributed by atoms with van der Waals surface area (Å²) in [7, 11) is 0. The molecule has 0 radical (unpaired) electrons.